The molecule has 6 nitrogen and oxygen atoms in total. The average molecular weight is 388 g/mol. The van der Waals surface area contributed by atoms with Crippen molar-refractivity contribution in [2.24, 2.45) is 0 Å². The third-order valence-corrected chi connectivity index (χ3v) is 5.33. The first kappa shape index (κ1) is 17.9. The first-order valence-corrected chi connectivity index (χ1v) is 9.25. The fourth-order valence-electron chi connectivity index (χ4n) is 2.30. The van der Waals surface area contributed by atoms with Crippen molar-refractivity contribution in [2.75, 3.05) is 19.8 Å². The highest BCUT2D eigenvalue weighted by Gasteiger charge is 2.20. The Kier molecular flexibility index (Phi) is 5.14. The van der Waals surface area contributed by atoms with Crippen LogP contribution in [0.25, 0.3) is 0 Å². The van der Waals surface area contributed by atoms with E-state index in [-0.39, 0.29) is 16.5 Å². The monoisotopic (exact) mass is 387 g/mol. The molecule has 1 atom stereocenters. The van der Waals surface area contributed by atoms with Gasteiger partial charge in [-0.05, 0) is 35.9 Å². The predicted molar refractivity (Wildman–Crippen MR) is 89.0 cm³/mol. The number of ether oxygens (including phenoxy) is 2. The van der Waals surface area contributed by atoms with Gasteiger partial charge in [-0.2, -0.15) is 0 Å². The van der Waals surface area contributed by atoms with Crippen molar-refractivity contribution in [1.82, 2.24) is 4.72 Å². The molecule has 0 aromatic heterocycles. The number of hydrogen-bond donors (Lipinski definition) is 2. The van der Waals surface area contributed by atoms with Gasteiger partial charge in [0.05, 0.1) is 16.0 Å². The molecule has 0 aliphatic carbocycles. The lowest BCUT2D eigenvalue weighted by molar-refractivity contribution is 0.165. The number of aliphatic hydroxyl groups excluding tert-OH is 1. The van der Waals surface area contributed by atoms with Gasteiger partial charge in [0.15, 0.2) is 11.5 Å². The van der Waals surface area contributed by atoms with Gasteiger partial charge in [0.2, 0.25) is 10.0 Å². The predicted octanol–water partition coefficient (Wildman–Crippen LogP) is 2.26. The van der Waals surface area contributed by atoms with Crippen LogP contribution in [-0.2, 0) is 10.0 Å². The van der Waals surface area contributed by atoms with Gasteiger partial charge >= 0.3 is 0 Å². The van der Waals surface area contributed by atoms with Crippen LogP contribution >= 0.6 is 11.6 Å². The summed E-state index contributed by atoms with van der Waals surface area (Å²) in [5, 5.41) is 9.93. The first-order chi connectivity index (χ1) is 11.9. The number of fused-ring (bicyclic) bond motifs is 1. The largest absolute Gasteiger partial charge is 0.486 e. The lowest BCUT2D eigenvalue weighted by Gasteiger charge is -2.20. The minimum absolute atomic E-state index is 0.187. The van der Waals surface area contributed by atoms with E-state index < -0.39 is 21.9 Å². The Hall–Kier alpha value is -1.87. The molecular formula is C16H15ClFNO5S. The van der Waals surface area contributed by atoms with E-state index >= 15 is 0 Å². The van der Waals surface area contributed by atoms with Crippen LogP contribution in [-0.4, -0.2) is 33.3 Å². The van der Waals surface area contributed by atoms with E-state index in [0.29, 0.717) is 30.3 Å². The van der Waals surface area contributed by atoms with Crippen molar-refractivity contribution >= 4 is 21.6 Å². The summed E-state index contributed by atoms with van der Waals surface area (Å²) >= 11 is 5.60. The molecule has 2 aromatic carbocycles. The molecule has 0 amide bonds. The van der Waals surface area contributed by atoms with E-state index in [1.807, 2.05) is 0 Å². The van der Waals surface area contributed by atoms with Crippen LogP contribution in [0.2, 0.25) is 5.02 Å². The van der Waals surface area contributed by atoms with Gasteiger partial charge in [0.25, 0.3) is 0 Å². The number of hydrogen-bond acceptors (Lipinski definition) is 5. The van der Waals surface area contributed by atoms with Crippen molar-refractivity contribution in [1.29, 1.82) is 0 Å². The summed E-state index contributed by atoms with van der Waals surface area (Å²) in [6.45, 7) is 0.594. The van der Waals surface area contributed by atoms with Crippen LogP contribution in [0, 0.1) is 5.82 Å². The van der Waals surface area contributed by atoms with Crippen LogP contribution in [0.5, 0.6) is 11.5 Å². The molecule has 0 fully saturated rings. The summed E-state index contributed by atoms with van der Waals surface area (Å²) in [6.07, 6.45) is -1.10. The summed E-state index contributed by atoms with van der Waals surface area (Å²) in [5.41, 5.74) is 0.476. The van der Waals surface area contributed by atoms with Crippen molar-refractivity contribution in [2.45, 2.75) is 11.0 Å². The summed E-state index contributed by atoms with van der Waals surface area (Å²) in [4.78, 5) is -0.187. The maximum atomic E-state index is 13.2. The normalized spacial score (nSPS) is 15.0. The fraction of sp³-hybridized carbons (Fsp3) is 0.250. The molecule has 2 N–H and O–H groups in total. The molecule has 1 aliphatic heterocycles. The van der Waals surface area contributed by atoms with Gasteiger partial charge in [0, 0.05) is 6.54 Å². The highest BCUT2D eigenvalue weighted by atomic mass is 35.5. The molecule has 1 heterocycles. The molecule has 3 rings (SSSR count). The lowest BCUT2D eigenvalue weighted by atomic mass is 10.1. The molecule has 0 saturated carbocycles. The second-order valence-corrected chi connectivity index (χ2v) is 7.52. The van der Waals surface area contributed by atoms with Gasteiger partial charge in [-0.25, -0.2) is 17.5 Å². The Labute approximate surface area is 149 Å². The molecule has 9 heteroatoms. The van der Waals surface area contributed by atoms with E-state index in [9.17, 15) is 17.9 Å². The number of aliphatic hydroxyl groups is 1. The van der Waals surface area contributed by atoms with Crippen molar-refractivity contribution in [3.05, 3.63) is 52.8 Å². The number of rotatable bonds is 5. The van der Waals surface area contributed by atoms with Crippen molar-refractivity contribution in [3.63, 3.8) is 0 Å². The average Bonchev–Trinajstić information content (AvgIpc) is 2.61. The Morgan fingerprint density at radius 3 is 2.60 bits per heavy atom. The third kappa shape index (κ3) is 4.04. The fourth-order valence-corrected chi connectivity index (χ4v) is 3.61. The smallest absolute Gasteiger partial charge is 0.240 e. The second kappa shape index (κ2) is 7.17. The van der Waals surface area contributed by atoms with Crippen LogP contribution in [0.15, 0.2) is 41.3 Å². The molecule has 134 valence electrons. The van der Waals surface area contributed by atoms with E-state index in [4.69, 9.17) is 21.1 Å². The van der Waals surface area contributed by atoms with Gasteiger partial charge in [-0.3, -0.25) is 0 Å². The second-order valence-electron chi connectivity index (χ2n) is 5.35. The Morgan fingerprint density at radius 1 is 1.16 bits per heavy atom. The van der Waals surface area contributed by atoms with E-state index in [1.54, 1.807) is 18.2 Å². The molecule has 25 heavy (non-hydrogen) atoms. The summed E-state index contributed by atoms with van der Waals surface area (Å²) in [5.74, 6) is 0.358. The molecular weight excluding hydrogens is 373 g/mol. The standard InChI is InChI=1S/C16H15ClFNO5S/c17-12-8-11(2-3-13(12)18)25(21,22)19-9-14(20)10-1-4-15-16(7-10)24-6-5-23-15/h1-4,7-8,14,19-20H,5-6,9H2/t14-/m0/s1. The third-order valence-electron chi connectivity index (χ3n) is 3.62. The van der Waals surface area contributed by atoms with Crippen molar-refractivity contribution in [3.8, 4) is 11.5 Å². The molecule has 0 spiro atoms. The summed E-state index contributed by atoms with van der Waals surface area (Å²) in [7, 11) is -3.94. The molecule has 2 aromatic rings. The molecule has 0 saturated heterocycles. The first-order valence-electron chi connectivity index (χ1n) is 7.39. The number of halogens is 2. The molecule has 0 radical (unpaired) electrons. The van der Waals surface area contributed by atoms with Crippen molar-refractivity contribution < 1.29 is 27.4 Å². The molecule has 0 bridgehead atoms. The minimum atomic E-state index is -3.94. The quantitative estimate of drug-likeness (QED) is 0.822. The Balaban J connectivity index is 1.70. The maximum Gasteiger partial charge on any atom is 0.240 e. The zero-order chi connectivity index (χ0) is 18.0. The Bertz CT molecular complexity index is 890. The minimum Gasteiger partial charge on any atom is -0.486 e. The maximum absolute atomic E-state index is 13.2. The van der Waals surface area contributed by atoms with Crippen LogP contribution in [0.4, 0.5) is 4.39 Å². The zero-order valence-electron chi connectivity index (χ0n) is 12.9. The molecule has 1 aliphatic rings. The van der Waals surface area contributed by atoms with Gasteiger partial charge in [0.1, 0.15) is 19.0 Å². The number of sulfonamides is 1. The lowest BCUT2D eigenvalue weighted by Crippen LogP contribution is -2.28. The zero-order valence-corrected chi connectivity index (χ0v) is 14.5. The molecule has 0 unspecified atom stereocenters. The SMILES string of the molecule is O=S(=O)(NC[C@H](O)c1ccc2c(c1)OCCO2)c1ccc(F)c(Cl)c1. The van der Waals surface area contributed by atoms with Crippen LogP contribution in [0.1, 0.15) is 11.7 Å². The van der Waals surface area contributed by atoms with Gasteiger partial charge in [-0.1, -0.05) is 17.7 Å². The summed E-state index contributed by atoms with van der Waals surface area (Å²) < 4.78 is 50.7. The van der Waals surface area contributed by atoms with E-state index in [0.717, 1.165) is 18.2 Å². The highest BCUT2D eigenvalue weighted by Crippen LogP contribution is 2.32. The van der Waals surface area contributed by atoms with Gasteiger partial charge < -0.3 is 14.6 Å². The number of benzene rings is 2. The number of nitrogens with one attached hydrogen (secondary N) is 1. The van der Waals surface area contributed by atoms with Crippen LogP contribution < -0.4 is 14.2 Å². The van der Waals surface area contributed by atoms with Crippen LogP contribution in [0.3, 0.4) is 0 Å². The Morgan fingerprint density at radius 2 is 1.88 bits per heavy atom. The van der Waals surface area contributed by atoms with Gasteiger partial charge in [-0.15, -0.1) is 0 Å². The highest BCUT2D eigenvalue weighted by molar-refractivity contribution is 7.89. The summed E-state index contributed by atoms with van der Waals surface area (Å²) in [6, 6.07) is 7.95. The van der Waals surface area contributed by atoms with E-state index in [1.165, 1.54) is 0 Å². The topological polar surface area (TPSA) is 84.9 Å². The van der Waals surface area contributed by atoms with E-state index in [2.05, 4.69) is 4.72 Å².